The number of carboxylic acids is 2. The number of methoxy groups -OCH3 is 2. The van der Waals surface area contributed by atoms with Gasteiger partial charge < -0.3 is 41.4 Å². The first kappa shape index (κ1) is 21.5. The number of hydrogen-bond donors (Lipinski definition) is 6. The molecule has 2 rings (SSSR count). The van der Waals surface area contributed by atoms with Gasteiger partial charge in [0.25, 0.3) is 0 Å². The first-order valence-electron chi connectivity index (χ1n) is 8.65. The second kappa shape index (κ2) is 9.40. The van der Waals surface area contributed by atoms with Crippen LogP contribution in [0.1, 0.15) is 20.7 Å². The lowest BCUT2D eigenvalue weighted by atomic mass is 10.1. The van der Waals surface area contributed by atoms with Crippen LogP contribution >= 0.6 is 0 Å². The minimum atomic E-state index is -1.12. The highest BCUT2D eigenvalue weighted by atomic mass is 16.5. The minimum absolute atomic E-state index is 0.0158. The van der Waals surface area contributed by atoms with E-state index in [1.165, 1.54) is 26.4 Å². The summed E-state index contributed by atoms with van der Waals surface area (Å²) in [5, 5.41) is 27.7. The van der Waals surface area contributed by atoms with Gasteiger partial charge in [-0.2, -0.15) is 0 Å². The first-order chi connectivity index (χ1) is 13.8. The van der Waals surface area contributed by atoms with Gasteiger partial charge in [0.1, 0.15) is 16.8 Å². The Labute approximate surface area is 167 Å². The largest absolute Gasteiger partial charge is 0.494 e. The predicted molar refractivity (Wildman–Crippen MR) is 111 cm³/mol. The van der Waals surface area contributed by atoms with E-state index in [2.05, 4.69) is 16.0 Å². The van der Waals surface area contributed by atoms with Gasteiger partial charge in [-0.05, 0) is 24.3 Å². The van der Waals surface area contributed by atoms with Crippen LogP contribution in [0.3, 0.4) is 0 Å². The van der Waals surface area contributed by atoms with Crippen molar-refractivity contribution >= 4 is 34.7 Å². The molecular weight excluding hydrogens is 380 g/mol. The van der Waals surface area contributed by atoms with Crippen LogP contribution in [-0.2, 0) is 0 Å². The van der Waals surface area contributed by atoms with Crippen molar-refractivity contribution in [3.63, 3.8) is 0 Å². The highest BCUT2D eigenvalue weighted by molar-refractivity contribution is 5.96. The molecule has 0 aliphatic heterocycles. The standard InChI is InChI=1S/C19H24N4O6/c1-21-15-13(7-5-11(19(26)27)17(15)29-3)23-9-8-22-12-6-4-10(18(24)25)16(28-2)14(12)20/h4-7,21-23H,8-9,20H2,1-3H3,(H,24,25)(H,26,27). The van der Waals surface area contributed by atoms with Gasteiger partial charge in [-0.3, -0.25) is 0 Å². The molecule has 0 fully saturated rings. The van der Waals surface area contributed by atoms with Crippen molar-refractivity contribution < 1.29 is 29.3 Å². The Balaban J connectivity index is 2.10. The van der Waals surface area contributed by atoms with E-state index in [0.717, 1.165) is 0 Å². The molecule has 10 nitrogen and oxygen atoms in total. The molecule has 0 saturated heterocycles. The van der Waals surface area contributed by atoms with Gasteiger partial charge in [-0.15, -0.1) is 0 Å². The maximum absolute atomic E-state index is 11.3. The second-order valence-electron chi connectivity index (χ2n) is 5.89. The van der Waals surface area contributed by atoms with Gasteiger partial charge in [0.05, 0.1) is 31.3 Å². The molecule has 0 aliphatic rings. The molecule has 2 aromatic rings. The van der Waals surface area contributed by atoms with Crippen molar-refractivity contribution in [1.82, 2.24) is 0 Å². The van der Waals surface area contributed by atoms with Gasteiger partial charge >= 0.3 is 11.9 Å². The Kier molecular flexibility index (Phi) is 6.96. The molecule has 29 heavy (non-hydrogen) atoms. The van der Waals surface area contributed by atoms with Crippen molar-refractivity contribution in [3.8, 4) is 11.5 Å². The molecule has 0 aliphatic carbocycles. The molecule has 0 saturated carbocycles. The molecule has 0 atom stereocenters. The molecule has 0 amide bonds. The summed E-state index contributed by atoms with van der Waals surface area (Å²) >= 11 is 0. The van der Waals surface area contributed by atoms with Crippen molar-refractivity contribution in [3.05, 3.63) is 35.4 Å². The van der Waals surface area contributed by atoms with E-state index in [-0.39, 0.29) is 28.3 Å². The van der Waals surface area contributed by atoms with E-state index < -0.39 is 11.9 Å². The van der Waals surface area contributed by atoms with Crippen molar-refractivity contribution in [2.24, 2.45) is 0 Å². The predicted octanol–water partition coefficient (Wildman–Crippen LogP) is 2.25. The second-order valence-corrected chi connectivity index (χ2v) is 5.89. The van der Waals surface area contributed by atoms with Gasteiger partial charge in [0, 0.05) is 20.1 Å². The number of ether oxygens (including phenoxy) is 2. The maximum Gasteiger partial charge on any atom is 0.339 e. The van der Waals surface area contributed by atoms with Crippen LogP contribution in [0.15, 0.2) is 24.3 Å². The molecule has 7 N–H and O–H groups in total. The Morgan fingerprint density at radius 2 is 1.38 bits per heavy atom. The summed E-state index contributed by atoms with van der Waals surface area (Å²) in [5.41, 5.74) is 7.98. The fraction of sp³-hybridized carbons (Fsp3) is 0.263. The fourth-order valence-electron chi connectivity index (χ4n) is 2.89. The monoisotopic (exact) mass is 404 g/mol. The zero-order valence-corrected chi connectivity index (χ0v) is 16.3. The Bertz CT molecular complexity index is 916. The number of anilines is 4. The lowest BCUT2D eigenvalue weighted by molar-refractivity contribution is 0.0682. The van der Waals surface area contributed by atoms with E-state index in [4.69, 9.17) is 15.2 Å². The quantitative estimate of drug-likeness (QED) is 0.256. The van der Waals surface area contributed by atoms with Gasteiger partial charge in [-0.1, -0.05) is 0 Å². The van der Waals surface area contributed by atoms with Crippen LogP contribution in [0.4, 0.5) is 22.7 Å². The van der Waals surface area contributed by atoms with Crippen LogP contribution in [0.25, 0.3) is 0 Å². The van der Waals surface area contributed by atoms with Gasteiger partial charge in [-0.25, -0.2) is 9.59 Å². The summed E-state index contributed by atoms with van der Waals surface area (Å²) in [4.78, 5) is 22.6. The molecule has 156 valence electrons. The number of rotatable bonds is 10. The number of nitrogens with two attached hydrogens (primary N) is 1. The van der Waals surface area contributed by atoms with E-state index >= 15 is 0 Å². The molecular formula is C19H24N4O6. The summed E-state index contributed by atoms with van der Waals surface area (Å²) in [6.45, 7) is 0.915. The topological polar surface area (TPSA) is 155 Å². The average molecular weight is 404 g/mol. The number of benzene rings is 2. The third-order valence-corrected chi connectivity index (χ3v) is 4.23. The molecule has 0 aromatic heterocycles. The maximum atomic E-state index is 11.3. The lowest BCUT2D eigenvalue weighted by Gasteiger charge is -2.18. The molecule has 0 heterocycles. The zero-order valence-electron chi connectivity index (χ0n) is 16.3. The number of hydrogen-bond acceptors (Lipinski definition) is 8. The van der Waals surface area contributed by atoms with Crippen LogP contribution in [0.5, 0.6) is 11.5 Å². The van der Waals surface area contributed by atoms with Crippen molar-refractivity contribution in [2.45, 2.75) is 0 Å². The summed E-state index contributed by atoms with van der Waals surface area (Å²) in [6.07, 6.45) is 0. The third-order valence-electron chi connectivity index (χ3n) is 4.23. The van der Waals surface area contributed by atoms with Crippen LogP contribution in [0, 0.1) is 0 Å². The highest BCUT2D eigenvalue weighted by Gasteiger charge is 2.18. The number of carboxylic acid groups (broad SMARTS) is 2. The van der Waals surface area contributed by atoms with E-state index in [9.17, 15) is 19.8 Å². The first-order valence-corrected chi connectivity index (χ1v) is 8.65. The number of nitrogen functional groups attached to an aromatic ring is 1. The summed E-state index contributed by atoms with van der Waals surface area (Å²) < 4.78 is 10.3. The molecule has 2 aromatic carbocycles. The van der Waals surface area contributed by atoms with Crippen LogP contribution in [0.2, 0.25) is 0 Å². The Morgan fingerprint density at radius 3 is 1.86 bits per heavy atom. The minimum Gasteiger partial charge on any atom is -0.494 e. The van der Waals surface area contributed by atoms with E-state index in [1.54, 1.807) is 19.2 Å². The SMILES string of the molecule is CNc1c(NCCNc2ccc(C(=O)O)c(OC)c2N)ccc(C(=O)O)c1OC. The van der Waals surface area contributed by atoms with E-state index in [0.29, 0.717) is 30.2 Å². The lowest BCUT2D eigenvalue weighted by Crippen LogP contribution is -2.16. The van der Waals surface area contributed by atoms with Crippen molar-refractivity contribution in [2.75, 3.05) is 56.0 Å². The van der Waals surface area contributed by atoms with Gasteiger partial charge in [0.15, 0.2) is 11.5 Å². The van der Waals surface area contributed by atoms with E-state index in [1.807, 2.05) is 0 Å². The zero-order chi connectivity index (χ0) is 21.6. The number of nitrogens with one attached hydrogen (secondary N) is 3. The highest BCUT2D eigenvalue weighted by Crippen LogP contribution is 2.36. The fourth-order valence-corrected chi connectivity index (χ4v) is 2.89. The summed E-state index contributed by atoms with van der Waals surface area (Å²) in [6, 6.07) is 6.11. The van der Waals surface area contributed by atoms with Crippen LogP contribution < -0.4 is 31.2 Å². The number of aromatic carboxylic acids is 2. The normalized spacial score (nSPS) is 10.2. The van der Waals surface area contributed by atoms with Crippen molar-refractivity contribution in [1.29, 1.82) is 0 Å². The molecule has 0 bridgehead atoms. The summed E-state index contributed by atoms with van der Waals surface area (Å²) in [7, 11) is 4.44. The average Bonchev–Trinajstić information content (AvgIpc) is 2.70. The summed E-state index contributed by atoms with van der Waals surface area (Å²) in [5.74, 6) is -1.88. The van der Waals surface area contributed by atoms with Crippen LogP contribution in [-0.4, -0.2) is 56.5 Å². The third kappa shape index (κ3) is 4.54. The number of carbonyl (C=O) groups is 2. The smallest absolute Gasteiger partial charge is 0.339 e. The molecule has 10 heteroatoms. The van der Waals surface area contributed by atoms with Gasteiger partial charge in [0.2, 0.25) is 0 Å². The molecule has 0 unspecified atom stereocenters. The molecule has 0 spiro atoms. The Morgan fingerprint density at radius 1 is 0.897 bits per heavy atom. The molecule has 0 radical (unpaired) electrons. The Hall–Kier alpha value is -3.82.